The van der Waals surface area contributed by atoms with Crippen LogP contribution in [0.2, 0.25) is 0 Å². The van der Waals surface area contributed by atoms with Crippen LogP contribution in [-0.4, -0.2) is 64.9 Å². The number of nitrogens with two attached hydrogens (primary N) is 2. The zero-order valence-corrected chi connectivity index (χ0v) is 24.1. The Labute approximate surface area is 225 Å². The van der Waals surface area contributed by atoms with Gasteiger partial charge in [-0.05, 0) is 52.4 Å². The molecule has 0 aromatic carbocycles. The molecule has 214 valence electrons. The molecule has 13 heteroatoms. The number of hydrogen-bond acceptors (Lipinski definition) is 8. The Balaban J connectivity index is 5.44. The highest BCUT2D eigenvalue weighted by Crippen LogP contribution is 2.11. The van der Waals surface area contributed by atoms with E-state index in [2.05, 4.69) is 33.9 Å². The molecule has 0 aliphatic carbocycles. The minimum absolute atomic E-state index is 0.0113. The van der Waals surface area contributed by atoms with Gasteiger partial charge in [-0.15, -0.1) is 0 Å². The molecule has 0 saturated heterocycles. The topological polar surface area (TPSA) is 195 Å². The third-order valence-electron chi connectivity index (χ3n) is 5.16. The van der Waals surface area contributed by atoms with Gasteiger partial charge in [0.25, 0.3) is 0 Å². The summed E-state index contributed by atoms with van der Waals surface area (Å²) in [5, 5.41) is 9.78. The standard InChI is InChI=1S/C24H46N6O6S/c1-12(2)11-16(21(33)28-15(19(26)37)9-10-17(25)31)29-22(34)18(13(3)4)30-20(32)14(5)27-23(35)36-24(6,7)8/h12-16,18-19,37H,9-11,26H2,1-8H3,(H2,25,31)(H,27,35)(H,28,33)(H,29,34)(H,30,32)/t14-,15-,16-,18-,19?/m0/s1. The molecular formula is C24H46N6O6S. The predicted molar refractivity (Wildman–Crippen MR) is 144 cm³/mol. The molecule has 0 aromatic rings. The molecule has 0 radical (unpaired) electrons. The predicted octanol–water partition coefficient (Wildman–Crippen LogP) is 0.536. The van der Waals surface area contributed by atoms with Crippen molar-refractivity contribution in [2.24, 2.45) is 23.3 Å². The van der Waals surface area contributed by atoms with E-state index in [0.29, 0.717) is 6.42 Å². The van der Waals surface area contributed by atoms with E-state index in [1.54, 1.807) is 34.6 Å². The van der Waals surface area contributed by atoms with E-state index in [-0.39, 0.29) is 24.7 Å². The van der Waals surface area contributed by atoms with Crippen molar-refractivity contribution in [3.8, 4) is 0 Å². The number of thiol groups is 1. The van der Waals surface area contributed by atoms with Gasteiger partial charge in [-0.1, -0.05) is 27.7 Å². The normalized spacial score (nSPS) is 15.7. The second-order valence-corrected chi connectivity index (χ2v) is 11.5. The number of carbonyl (C=O) groups excluding carboxylic acids is 5. The van der Waals surface area contributed by atoms with E-state index in [9.17, 15) is 24.0 Å². The number of primary amides is 1. The van der Waals surface area contributed by atoms with Crippen LogP contribution in [0.15, 0.2) is 0 Å². The lowest BCUT2D eigenvalue weighted by atomic mass is 9.99. The van der Waals surface area contributed by atoms with Crippen LogP contribution >= 0.6 is 12.6 Å². The van der Waals surface area contributed by atoms with Crippen molar-refractivity contribution >= 4 is 42.4 Å². The summed E-state index contributed by atoms with van der Waals surface area (Å²) in [7, 11) is 0. The summed E-state index contributed by atoms with van der Waals surface area (Å²) in [5.74, 6) is -2.44. The van der Waals surface area contributed by atoms with Crippen molar-refractivity contribution in [3.63, 3.8) is 0 Å². The second kappa shape index (κ2) is 15.7. The van der Waals surface area contributed by atoms with E-state index >= 15 is 0 Å². The fourth-order valence-corrected chi connectivity index (χ4v) is 3.46. The molecular weight excluding hydrogens is 500 g/mol. The highest BCUT2D eigenvalue weighted by Gasteiger charge is 2.32. The van der Waals surface area contributed by atoms with Crippen LogP contribution in [-0.2, 0) is 23.9 Å². The molecule has 0 saturated carbocycles. The molecule has 12 nitrogen and oxygen atoms in total. The molecule has 0 rings (SSSR count). The van der Waals surface area contributed by atoms with Crippen LogP contribution in [0.5, 0.6) is 0 Å². The van der Waals surface area contributed by atoms with E-state index in [1.165, 1.54) is 6.92 Å². The number of nitrogens with one attached hydrogen (secondary N) is 4. The summed E-state index contributed by atoms with van der Waals surface area (Å²) in [6.45, 7) is 13.8. The summed E-state index contributed by atoms with van der Waals surface area (Å²) < 4.78 is 5.16. The highest BCUT2D eigenvalue weighted by molar-refractivity contribution is 7.80. The van der Waals surface area contributed by atoms with Crippen LogP contribution in [0.4, 0.5) is 4.79 Å². The summed E-state index contributed by atoms with van der Waals surface area (Å²) >= 11 is 4.18. The fourth-order valence-electron chi connectivity index (χ4n) is 3.24. The van der Waals surface area contributed by atoms with Crippen molar-refractivity contribution in [1.29, 1.82) is 0 Å². The van der Waals surface area contributed by atoms with Crippen molar-refractivity contribution < 1.29 is 28.7 Å². The third kappa shape index (κ3) is 14.7. The van der Waals surface area contributed by atoms with Gasteiger partial charge in [0.2, 0.25) is 23.6 Å². The number of hydrogen-bond donors (Lipinski definition) is 7. The average Bonchev–Trinajstić information content (AvgIpc) is 2.71. The SMILES string of the molecule is CC(C)C[C@H](NC(=O)[C@@H](NC(=O)[C@H](C)NC(=O)OC(C)(C)C)C(C)C)C(=O)N[C@@H](CCC(N)=O)C(N)S. The van der Waals surface area contributed by atoms with E-state index < -0.39 is 64.9 Å². The molecule has 0 fully saturated rings. The van der Waals surface area contributed by atoms with E-state index in [4.69, 9.17) is 16.2 Å². The Bertz CT molecular complexity index is 799. The average molecular weight is 547 g/mol. The molecule has 0 bridgehead atoms. The van der Waals surface area contributed by atoms with Gasteiger partial charge in [0.05, 0.1) is 11.4 Å². The number of carbonyl (C=O) groups is 5. The fraction of sp³-hybridized carbons (Fsp3) is 0.792. The van der Waals surface area contributed by atoms with Gasteiger partial charge in [0, 0.05) is 6.42 Å². The zero-order valence-electron chi connectivity index (χ0n) is 23.2. The number of amides is 5. The summed E-state index contributed by atoms with van der Waals surface area (Å²) in [6, 6.07) is -3.52. The lowest BCUT2D eigenvalue weighted by Crippen LogP contribution is -2.59. The Morgan fingerprint density at radius 2 is 1.43 bits per heavy atom. The Morgan fingerprint density at radius 3 is 1.86 bits per heavy atom. The Hall–Kier alpha value is -2.54. The highest BCUT2D eigenvalue weighted by atomic mass is 32.1. The van der Waals surface area contributed by atoms with Crippen LogP contribution in [0, 0.1) is 11.8 Å². The van der Waals surface area contributed by atoms with Gasteiger partial charge < -0.3 is 37.5 Å². The maximum Gasteiger partial charge on any atom is 0.408 e. The molecule has 5 amide bonds. The van der Waals surface area contributed by atoms with Gasteiger partial charge in [-0.3, -0.25) is 19.2 Å². The molecule has 8 N–H and O–H groups in total. The summed E-state index contributed by atoms with van der Waals surface area (Å²) in [4.78, 5) is 62.1. The van der Waals surface area contributed by atoms with Gasteiger partial charge in [0.1, 0.15) is 23.7 Å². The maximum atomic E-state index is 13.2. The number of rotatable bonds is 14. The zero-order chi connectivity index (χ0) is 29.1. The van der Waals surface area contributed by atoms with Gasteiger partial charge in [-0.2, -0.15) is 12.6 Å². The largest absolute Gasteiger partial charge is 0.444 e. The van der Waals surface area contributed by atoms with Crippen LogP contribution < -0.4 is 32.7 Å². The quantitative estimate of drug-likeness (QED) is 0.122. The van der Waals surface area contributed by atoms with Crippen LogP contribution in [0.25, 0.3) is 0 Å². The van der Waals surface area contributed by atoms with Crippen LogP contribution in [0.1, 0.15) is 74.7 Å². The smallest absolute Gasteiger partial charge is 0.408 e. The lowest BCUT2D eigenvalue weighted by molar-refractivity contribution is -0.133. The molecule has 0 heterocycles. The molecule has 0 spiro atoms. The second-order valence-electron chi connectivity index (χ2n) is 10.9. The summed E-state index contributed by atoms with van der Waals surface area (Å²) in [5.41, 5.74) is 10.3. The Morgan fingerprint density at radius 1 is 0.865 bits per heavy atom. The first kappa shape index (κ1) is 34.5. The van der Waals surface area contributed by atoms with E-state index in [1.807, 2.05) is 13.8 Å². The van der Waals surface area contributed by atoms with Crippen molar-refractivity contribution in [2.75, 3.05) is 0 Å². The first-order chi connectivity index (χ1) is 16.8. The molecule has 37 heavy (non-hydrogen) atoms. The minimum atomic E-state index is -0.976. The number of ether oxygens (including phenoxy) is 1. The monoisotopic (exact) mass is 546 g/mol. The number of alkyl carbamates (subject to hydrolysis) is 1. The maximum absolute atomic E-state index is 13.2. The van der Waals surface area contributed by atoms with Crippen LogP contribution in [0.3, 0.4) is 0 Å². The molecule has 1 unspecified atom stereocenters. The summed E-state index contributed by atoms with van der Waals surface area (Å²) in [6.07, 6.45) is -0.238. The first-order valence-corrected chi connectivity index (χ1v) is 13.0. The minimum Gasteiger partial charge on any atom is -0.444 e. The van der Waals surface area contributed by atoms with Gasteiger partial charge >= 0.3 is 6.09 Å². The van der Waals surface area contributed by atoms with E-state index in [0.717, 1.165) is 0 Å². The third-order valence-corrected chi connectivity index (χ3v) is 5.52. The molecule has 0 aliphatic heterocycles. The molecule has 0 aliphatic rings. The van der Waals surface area contributed by atoms with Gasteiger partial charge in [-0.25, -0.2) is 4.79 Å². The van der Waals surface area contributed by atoms with Crippen molar-refractivity contribution in [1.82, 2.24) is 21.3 Å². The first-order valence-electron chi connectivity index (χ1n) is 12.5. The lowest BCUT2D eigenvalue weighted by Gasteiger charge is -2.29. The van der Waals surface area contributed by atoms with Crippen molar-refractivity contribution in [2.45, 2.75) is 110 Å². The molecule has 0 aromatic heterocycles. The van der Waals surface area contributed by atoms with Crippen molar-refractivity contribution in [3.05, 3.63) is 0 Å². The van der Waals surface area contributed by atoms with Gasteiger partial charge in [0.15, 0.2) is 0 Å². The Kier molecular flexibility index (Phi) is 14.6. The molecule has 5 atom stereocenters.